The molecular weight excluding hydrogens is 256 g/mol. The van der Waals surface area contributed by atoms with E-state index in [2.05, 4.69) is 17.2 Å². The van der Waals surface area contributed by atoms with Crippen LogP contribution < -0.4 is 11.1 Å². The second-order valence-corrected chi connectivity index (χ2v) is 5.35. The van der Waals surface area contributed by atoms with Crippen molar-refractivity contribution >= 4 is 6.09 Å². The highest BCUT2D eigenvalue weighted by Crippen LogP contribution is 2.52. The maximum Gasteiger partial charge on any atom is 0.407 e. The Hall–Kier alpha value is -1.25. The normalized spacial score (nSPS) is 27.4. The van der Waals surface area contributed by atoms with Gasteiger partial charge in [-0.05, 0) is 30.6 Å². The largest absolute Gasteiger partial charge is 0.449 e. The topological polar surface area (TPSA) is 73.6 Å². The zero-order chi connectivity index (χ0) is 14.2. The monoisotopic (exact) mass is 280 g/mol. The lowest BCUT2D eigenvalue weighted by Crippen LogP contribution is -2.29. The third-order valence-corrected chi connectivity index (χ3v) is 4.02. The molecule has 0 aromatic heterocycles. The van der Waals surface area contributed by atoms with Crippen molar-refractivity contribution in [2.75, 3.05) is 32.9 Å². The van der Waals surface area contributed by atoms with Crippen LogP contribution in [-0.4, -0.2) is 39.0 Å². The molecule has 0 aromatic rings. The first kappa shape index (κ1) is 15.1. The van der Waals surface area contributed by atoms with E-state index in [1.165, 1.54) is 0 Å². The molecule has 2 rings (SSSR count). The molecule has 5 heteroatoms. The molecule has 0 radical (unpaired) electrons. The van der Waals surface area contributed by atoms with Gasteiger partial charge in [-0.2, -0.15) is 0 Å². The number of fused-ring (bicyclic) bond motifs is 1. The third kappa shape index (κ3) is 4.69. The molecule has 0 saturated heterocycles. The van der Waals surface area contributed by atoms with Gasteiger partial charge in [0.25, 0.3) is 0 Å². The number of rotatable bonds is 7. The lowest BCUT2D eigenvalue weighted by atomic mass is 10.1. The first-order valence-electron chi connectivity index (χ1n) is 7.47. The molecule has 1 fully saturated rings. The molecule has 112 valence electrons. The minimum absolute atomic E-state index is 0.350. The average Bonchev–Trinajstić information content (AvgIpc) is 3.06. The van der Waals surface area contributed by atoms with E-state index in [0.29, 0.717) is 50.7 Å². The third-order valence-electron chi connectivity index (χ3n) is 4.02. The Morgan fingerprint density at radius 3 is 2.55 bits per heavy atom. The van der Waals surface area contributed by atoms with Crippen LogP contribution in [0.4, 0.5) is 4.79 Å². The molecule has 3 N–H and O–H groups in total. The molecule has 0 aliphatic heterocycles. The number of hydrogen-bond acceptors (Lipinski definition) is 4. The van der Waals surface area contributed by atoms with Crippen LogP contribution in [0.5, 0.6) is 0 Å². The molecule has 20 heavy (non-hydrogen) atoms. The highest BCUT2D eigenvalue weighted by Gasteiger charge is 2.49. The van der Waals surface area contributed by atoms with Crippen LogP contribution in [0, 0.1) is 29.6 Å². The number of nitrogens with one attached hydrogen (secondary N) is 1. The Balaban J connectivity index is 1.54. The van der Waals surface area contributed by atoms with Crippen LogP contribution in [0.3, 0.4) is 0 Å². The molecule has 0 bridgehead atoms. The van der Waals surface area contributed by atoms with Crippen LogP contribution >= 0.6 is 0 Å². The summed E-state index contributed by atoms with van der Waals surface area (Å²) in [6, 6.07) is 0. The first-order valence-corrected chi connectivity index (χ1v) is 7.47. The SMILES string of the molecule is NCCOCCNC(=O)OC[C@@H]1[C@@H]2CCC#CCC[C@@H]21. The summed E-state index contributed by atoms with van der Waals surface area (Å²) in [7, 11) is 0. The van der Waals surface area contributed by atoms with E-state index in [-0.39, 0.29) is 6.09 Å². The van der Waals surface area contributed by atoms with Crippen LogP contribution in [0.1, 0.15) is 25.7 Å². The summed E-state index contributed by atoms with van der Waals surface area (Å²) in [6.07, 6.45) is 3.93. The number of nitrogens with two attached hydrogens (primary N) is 1. The molecule has 5 nitrogen and oxygen atoms in total. The van der Waals surface area contributed by atoms with Gasteiger partial charge in [0.15, 0.2) is 0 Å². The fourth-order valence-electron chi connectivity index (χ4n) is 2.92. The number of hydrogen-bond donors (Lipinski definition) is 2. The summed E-state index contributed by atoms with van der Waals surface area (Å²) >= 11 is 0. The summed E-state index contributed by atoms with van der Waals surface area (Å²) in [4.78, 5) is 11.5. The molecule has 2 aliphatic carbocycles. The van der Waals surface area contributed by atoms with Gasteiger partial charge in [0, 0.05) is 25.9 Å². The van der Waals surface area contributed by atoms with Crippen molar-refractivity contribution in [1.82, 2.24) is 5.32 Å². The Morgan fingerprint density at radius 1 is 1.20 bits per heavy atom. The van der Waals surface area contributed by atoms with Gasteiger partial charge in [-0.1, -0.05) is 0 Å². The molecule has 0 aromatic carbocycles. The van der Waals surface area contributed by atoms with Crippen LogP contribution in [0.2, 0.25) is 0 Å². The van der Waals surface area contributed by atoms with Gasteiger partial charge in [0.2, 0.25) is 0 Å². The molecule has 2 aliphatic rings. The van der Waals surface area contributed by atoms with Gasteiger partial charge in [0.1, 0.15) is 0 Å². The van der Waals surface area contributed by atoms with Gasteiger partial charge < -0.3 is 20.5 Å². The Kier molecular flexibility index (Phi) is 6.16. The molecule has 1 saturated carbocycles. The van der Waals surface area contributed by atoms with Crippen molar-refractivity contribution in [2.24, 2.45) is 23.5 Å². The second kappa shape index (κ2) is 8.13. The Labute approximate surface area is 120 Å². The molecule has 0 unspecified atom stereocenters. The van der Waals surface area contributed by atoms with Gasteiger partial charge >= 0.3 is 6.09 Å². The predicted molar refractivity (Wildman–Crippen MR) is 75.9 cm³/mol. The number of carbonyl (C=O) groups is 1. The van der Waals surface area contributed by atoms with E-state index >= 15 is 0 Å². The van der Waals surface area contributed by atoms with Crippen LogP contribution in [-0.2, 0) is 9.47 Å². The number of ether oxygens (including phenoxy) is 2. The van der Waals surface area contributed by atoms with E-state index in [1.807, 2.05) is 0 Å². The standard InChI is InChI=1S/C15H24N2O3/c16-7-9-19-10-8-17-15(18)20-11-14-12-5-3-1-2-4-6-13(12)14/h12-14H,3-11,16H2,(H,17,18)/t12-,13+,14-. The minimum Gasteiger partial charge on any atom is -0.449 e. The Bertz CT molecular complexity index is 357. The van der Waals surface area contributed by atoms with Crippen molar-refractivity contribution in [2.45, 2.75) is 25.7 Å². The summed E-state index contributed by atoms with van der Waals surface area (Å²) in [5, 5.41) is 2.68. The highest BCUT2D eigenvalue weighted by molar-refractivity contribution is 5.67. The summed E-state index contributed by atoms with van der Waals surface area (Å²) in [5.74, 6) is 8.33. The molecular formula is C15H24N2O3. The van der Waals surface area contributed by atoms with Gasteiger partial charge in [0.05, 0.1) is 19.8 Å². The predicted octanol–water partition coefficient (Wildman–Crippen LogP) is 1.13. The zero-order valence-electron chi connectivity index (χ0n) is 11.9. The van der Waals surface area contributed by atoms with Gasteiger partial charge in [-0.15, -0.1) is 11.8 Å². The highest BCUT2D eigenvalue weighted by atomic mass is 16.5. The fourth-order valence-corrected chi connectivity index (χ4v) is 2.92. The van der Waals surface area contributed by atoms with Crippen molar-refractivity contribution < 1.29 is 14.3 Å². The smallest absolute Gasteiger partial charge is 0.407 e. The fraction of sp³-hybridized carbons (Fsp3) is 0.800. The number of alkyl carbamates (subject to hydrolysis) is 1. The second-order valence-electron chi connectivity index (χ2n) is 5.35. The summed E-state index contributed by atoms with van der Waals surface area (Å²) in [5.41, 5.74) is 5.29. The van der Waals surface area contributed by atoms with Crippen molar-refractivity contribution in [3.63, 3.8) is 0 Å². The number of carbonyl (C=O) groups excluding carboxylic acids is 1. The number of amides is 1. The zero-order valence-corrected chi connectivity index (χ0v) is 11.9. The maximum absolute atomic E-state index is 11.5. The summed E-state index contributed by atoms with van der Waals surface area (Å²) in [6.45, 7) is 2.48. The Morgan fingerprint density at radius 2 is 1.90 bits per heavy atom. The molecule has 0 spiro atoms. The van der Waals surface area contributed by atoms with Crippen LogP contribution in [0.15, 0.2) is 0 Å². The van der Waals surface area contributed by atoms with E-state index < -0.39 is 0 Å². The van der Waals surface area contributed by atoms with Gasteiger partial charge in [-0.25, -0.2) is 4.79 Å². The maximum atomic E-state index is 11.5. The quantitative estimate of drug-likeness (QED) is 0.541. The van der Waals surface area contributed by atoms with E-state index in [9.17, 15) is 4.79 Å². The first-order chi connectivity index (χ1) is 9.83. The molecule has 0 heterocycles. The van der Waals surface area contributed by atoms with Crippen molar-refractivity contribution in [1.29, 1.82) is 0 Å². The van der Waals surface area contributed by atoms with E-state index in [4.69, 9.17) is 15.2 Å². The van der Waals surface area contributed by atoms with Crippen molar-refractivity contribution in [3.8, 4) is 11.8 Å². The van der Waals surface area contributed by atoms with Gasteiger partial charge in [-0.3, -0.25) is 0 Å². The van der Waals surface area contributed by atoms with E-state index in [1.54, 1.807) is 0 Å². The molecule has 1 amide bonds. The minimum atomic E-state index is -0.350. The average molecular weight is 280 g/mol. The van der Waals surface area contributed by atoms with Crippen LogP contribution in [0.25, 0.3) is 0 Å². The lowest BCUT2D eigenvalue weighted by Gasteiger charge is -2.07. The summed E-state index contributed by atoms with van der Waals surface area (Å²) < 4.78 is 10.4. The molecule has 3 atom stereocenters. The lowest BCUT2D eigenvalue weighted by molar-refractivity contribution is 0.121. The van der Waals surface area contributed by atoms with E-state index in [0.717, 1.165) is 25.7 Å². The van der Waals surface area contributed by atoms with Crippen molar-refractivity contribution in [3.05, 3.63) is 0 Å².